The van der Waals surface area contributed by atoms with Crippen molar-refractivity contribution in [2.45, 2.75) is 20.3 Å². The highest BCUT2D eigenvalue weighted by Gasteiger charge is 2.04. The second kappa shape index (κ2) is 5.01. The number of aromatic amines is 1. The minimum Gasteiger partial charge on any atom is -0.355 e. The van der Waals surface area contributed by atoms with Gasteiger partial charge in [-0.3, -0.25) is 0 Å². The maximum Gasteiger partial charge on any atom is 0.201 e. The SMILES string of the molecule is Cc1nc(CCNc2nc3ccccc3[nH]2)sc1C. The van der Waals surface area contributed by atoms with E-state index in [0.29, 0.717) is 0 Å². The van der Waals surface area contributed by atoms with Crippen LogP contribution in [0.3, 0.4) is 0 Å². The van der Waals surface area contributed by atoms with Gasteiger partial charge >= 0.3 is 0 Å². The third-order valence-electron chi connectivity index (χ3n) is 3.09. The summed E-state index contributed by atoms with van der Waals surface area (Å²) in [5.74, 6) is 0.825. The number of para-hydroxylation sites is 2. The molecule has 5 heteroatoms. The third-order valence-corrected chi connectivity index (χ3v) is 4.23. The zero-order valence-electron chi connectivity index (χ0n) is 11.0. The van der Waals surface area contributed by atoms with Gasteiger partial charge in [-0.05, 0) is 26.0 Å². The Morgan fingerprint density at radius 1 is 1.21 bits per heavy atom. The first-order chi connectivity index (χ1) is 9.22. The molecule has 0 radical (unpaired) electrons. The lowest BCUT2D eigenvalue weighted by Gasteiger charge is -1.99. The van der Waals surface area contributed by atoms with Crippen LogP contribution in [0.2, 0.25) is 0 Å². The number of aryl methyl sites for hydroxylation is 2. The maximum absolute atomic E-state index is 4.53. The van der Waals surface area contributed by atoms with Crippen molar-refractivity contribution >= 4 is 28.3 Å². The number of anilines is 1. The molecule has 4 nitrogen and oxygen atoms in total. The van der Waals surface area contributed by atoms with Crippen LogP contribution in [0.5, 0.6) is 0 Å². The molecule has 0 bridgehead atoms. The molecule has 2 N–H and O–H groups in total. The number of aromatic nitrogens is 3. The number of benzene rings is 1. The Morgan fingerprint density at radius 3 is 2.79 bits per heavy atom. The Bertz CT molecular complexity index is 646. The molecule has 0 unspecified atom stereocenters. The molecule has 98 valence electrons. The summed E-state index contributed by atoms with van der Waals surface area (Å²) in [7, 11) is 0. The van der Waals surface area contributed by atoms with Crippen LogP contribution in [-0.2, 0) is 6.42 Å². The average Bonchev–Trinajstić information content (AvgIpc) is 2.93. The van der Waals surface area contributed by atoms with Gasteiger partial charge < -0.3 is 10.3 Å². The summed E-state index contributed by atoms with van der Waals surface area (Å²) in [5, 5.41) is 4.49. The number of thiazole rings is 1. The smallest absolute Gasteiger partial charge is 0.201 e. The Hall–Kier alpha value is -1.88. The van der Waals surface area contributed by atoms with Gasteiger partial charge in [0.05, 0.1) is 21.7 Å². The fourth-order valence-electron chi connectivity index (χ4n) is 1.97. The Labute approximate surface area is 115 Å². The quantitative estimate of drug-likeness (QED) is 0.766. The van der Waals surface area contributed by atoms with Crippen molar-refractivity contribution < 1.29 is 0 Å². The van der Waals surface area contributed by atoms with Crippen molar-refractivity contribution in [1.29, 1.82) is 0 Å². The van der Waals surface area contributed by atoms with E-state index in [-0.39, 0.29) is 0 Å². The molecular formula is C14H16N4S. The van der Waals surface area contributed by atoms with Gasteiger partial charge in [0.15, 0.2) is 0 Å². The van der Waals surface area contributed by atoms with Gasteiger partial charge in [-0.2, -0.15) is 0 Å². The van der Waals surface area contributed by atoms with Gasteiger partial charge in [0, 0.05) is 17.8 Å². The van der Waals surface area contributed by atoms with E-state index in [2.05, 4.69) is 34.1 Å². The van der Waals surface area contributed by atoms with Gasteiger partial charge in [-0.25, -0.2) is 9.97 Å². The molecular weight excluding hydrogens is 256 g/mol. The molecule has 0 aliphatic rings. The number of imidazole rings is 1. The Balaban J connectivity index is 1.63. The highest BCUT2D eigenvalue weighted by Crippen LogP contribution is 2.17. The zero-order chi connectivity index (χ0) is 13.2. The van der Waals surface area contributed by atoms with Gasteiger partial charge in [-0.1, -0.05) is 12.1 Å². The number of nitrogens with one attached hydrogen (secondary N) is 2. The lowest BCUT2D eigenvalue weighted by Crippen LogP contribution is -2.05. The molecule has 3 rings (SSSR count). The molecule has 2 heterocycles. The molecule has 2 aromatic heterocycles. The minimum absolute atomic E-state index is 0.825. The second-order valence-electron chi connectivity index (χ2n) is 4.53. The fraction of sp³-hybridized carbons (Fsp3) is 0.286. The van der Waals surface area contributed by atoms with Crippen LogP contribution in [0.25, 0.3) is 11.0 Å². The maximum atomic E-state index is 4.53. The summed E-state index contributed by atoms with van der Waals surface area (Å²) in [6, 6.07) is 8.03. The highest BCUT2D eigenvalue weighted by atomic mass is 32.1. The van der Waals surface area contributed by atoms with Crippen molar-refractivity contribution in [3.63, 3.8) is 0 Å². The average molecular weight is 272 g/mol. The van der Waals surface area contributed by atoms with E-state index in [9.17, 15) is 0 Å². The van der Waals surface area contributed by atoms with E-state index in [4.69, 9.17) is 0 Å². The van der Waals surface area contributed by atoms with Crippen LogP contribution < -0.4 is 5.32 Å². The van der Waals surface area contributed by atoms with Crippen LogP contribution in [0.1, 0.15) is 15.6 Å². The van der Waals surface area contributed by atoms with Gasteiger partial charge in [0.2, 0.25) is 5.95 Å². The topological polar surface area (TPSA) is 53.6 Å². The van der Waals surface area contributed by atoms with Crippen molar-refractivity contribution in [3.05, 3.63) is 39.8 Å². The van der Waals surface area contributed by atoms with E-state index < -0.39 is 0 Å². The van der Waals surface area contributed by atoms with Crippen LogP contribution >= 0.6 is 11.3 Å². The summed E-state index contributed by atoms with van der Waals surface area (Å²) >= 11 is 1.77. The van der Waals surface area contributed by atoms with E-state index in [1.165, 1.54) is 9.88 Å². The molecule has 0 spiro atoms. The number of rotatable bonds is 4. The third kappa shape index (κ3) is 2.61. The largest absolute Gasteiger partial charge is 0.355 e. The lowest BCUT2D eigenvalue weighted by atomic mass is 10.3. The summed E-state index contributed by atoms with van der Waals surface area (Å²) in [6.45, 7) is 5.01. The molecule has 0 aliphatic carbocycles. The molecule has 3 aromatic rings. The van der Waals surface area contributed by atoms with Crippen LogP contribution in [-0.4, -0.2) is 21.5 Å². The first-order valence-corrected chi connectivity index (χ1v) is 7.15. The molecule has 0 aliphatic heterocycles. The normalized spacial score (nSPS) is 11.1. The fourth-order valence-corrected chi connectivity index (χ4v) is 2.90. The van der Waals surface area contributed by atoms with Crippen molar-refractivity contribution in [2.24, 2.45) is 0 Å². The van der Waals surface area contributed by atoms with E-state index >= 15 is 0 Å². The first-order valence-electron chi connectivity index (χ1n) is 6.34. The number of H-pyrrole nitrogens is 1. The second-order valence-corrected chi connectivity index (χ2v) is 5.82. The molecule has 19 heavy (non-hydrogen) atoms. The van der Waals surface area contributed by atoms with Gasteiger partial charge in [-0.15, -0.1) is 11.3 Å². The molecule has 0 amide bonds. The van der Waals surface area contributed by atoms with Crippen LogP contribution in [0, 0.1) is 13.8 Å². The van der Waals surface area contributed by atoms with E-state index in [1.807, 2.05) is 24.3 Å². The molecule has 1 aromatic carbocycles. The van der Waals surface area contributed by atoms with Crippen molar-refractivity contribution in [3.8, 4) is 0 Å². The standard InChI is InChI=1S/C14H16N4S/c1-9-10(2)19-13(16-9)7-8-15-14-17-11-5-3-4-6-12(11)18-14/h3-6H,7-8H2,1-2H3,(H2,15,17,18). The molecule has 0 saturated carbocycles. The summed E-state index contributed by atoms with van der Waals surface area (Å²) in [6.07, 6.45) is 0.927. The number of nitrogens with zero attached hydrogens (tertiary/aromatic N) is 2. The highest BCUT2D eigenvalue weighted by molar-refractivity contribution is 7.11. The van der Waals surface area contributed by atoms with Crippen molar-refractivity contribution in [2.75, 3.05) is 11.9 Å². The van der Waals surface area contributed by atoms with Crippen LogP contribution in [0.4, 0.5) is 5.95 Å². The lowest BCUT2D eigenvalue weighted by molar-refractivity contribution is 0.972. The van der Waals surface area contributed by atoms with Crippen molar-refractivity contribution in [1.82, 2.24) is 15.0 Å². The molecule has 0 atom stereocenters. The Morgan fingerprint density at radius 2 is 2.05 bits per heavy atom. The summed E-state index contributed by atoms with van der Waals surface area (Å²) in [4.78, 5) is 13.6. The number of fused-ring (bicyclic) bond motifs is 1. The molecule has 0 fully saturated rings. The predicted octanol–water partition coefficient (Wildman–Crippen LogP) is 3.29. The number of hydrogen-bond acceptors (Lipinski definition) is 4. The summed E-state index contributed by atoms with van der Waals surface area (Å²) in [5.41, 5.74) is 3.20. The first kappa shape index (κ1) is 12.2. The van der Waals surface area contributed by atoms with Gasteiger partial charge in [0.1, 0.15) is 0 Å². The number of hydrogen-bond donors (Lipinski definition) is 2. The predicted molar refractivity (Wildman–Crippen MR) is 79.9 cm³/mol. The van der Waals surface area contributed by atoms with Crippen LogP contribution in [0.15, 0.2) is 24.3 Å². The summed E-state index contributed by atoms with van der Waals surface area (Å²) < 4.78 is 0. The Kier molecular flexibility index (Phi) is 3.21. The van der Waals surface area contributed by atoms with Gasteiger partial charge in [0.25, 0.3) is 0 Å². The molecule has 0 saturated heterocycles. The van der Waals surface area contributed by atoms with E-state index in [1.54, 1.807) is 11.3 Å². The zero-order valence-corrected chi connectivity index (χ0v) is 11.8. The minimum atomic E-state index is 0.825. The van der Waals surface area contributed by atoms with E-state index in [0.717, 1.165) is 35.6 Å². The monoisotopic (exact) mass is 272 g/mol.